The fourth-order valence-corrected chi connectivity index (χ4v) is 1.13. The molecule has 6 heteroatoms. The molecule has 0 saturated carbocycles. The van der Waals surface area contributed by atoms with Gasteiger partial charge in [0.25, 0.3) is 5.56 Å². The van der Waals surface area contributed by atoms with E-state index in [4.69, 9.17) is 0 Å². The first-order chi connectivity index (χ1) is 9.41. The van der Waals surface area contributed by atoms with Crippen molar-refractivity contribution < 1.29 is 4.79 Å². The molecule has 0 spiro atoms. The van der Waals surface area contributed by atoms with E-state index < -0.39 is 11.2 Å². The maximum atomic E-state index is 11.4. The van der Waals surface area contributed by atoms with Gasteiger partial charge in [-0.05, 0) is 0 Å². The highest BCUT2D eigenvalue weighted by Crippen LogP contribution is 1.89. The molecule has 0 unspecified atom stereocenters. The third-order valence-corrected chi connectivity index (χ3v) is 2.21. The molecular formula is C14H21N3O3. The van der Waals surface area contributed by atoms with E-state index in [9.17, 15) is 14.4 Å². The Kier molecular flexibility index (Phi) is 7.75. The number of rotatable bonds is 2. The summed E-state index contributed by atoms with van der Waals surface area (Å²) in [6, 6.07) is 0. The molecular weight excluding hydrogens is 258 g/mol. The monoisotopic (exact) mass is 279 g/mol. The third-order valence-electron chi connectivity index (χ3n) is 2.21. The van der Waals surface area contributed by atoms with Crippen molar-refractivity contribution in [1.82, 2.24) is 14.9 Å². The minimum atomic E-state index is -0.527. The van der Waals surface area contributed by atoms with Crippen LogP contribution in [0.1, 0.15) is 33.3 Å². The van der Waals surface area contributed by atoms with Crippen LogP contribution in [0.5, 0.6) is 0 Å². The second-order valence-corrected chi connectivity index (χ2v) is 4.09. The lowest BCUT2D eigenvalue weighted by Gasteiger charge is -2.02. The first kappa shape index (κ1) is 17.7. The van der Waals surface area contributed by atoms with Gasteiger partial charge < -0.3 is 9.88 Å². The smallest absolute Gasteiger partial charge is 0.328 e. The number of hydrogen-bond donors (Lipinski definition) is 2. The summed E-state index contributed by atoms with van der Waals surface area (Å²) in [6.07, 6.45) is 1.36. The quantitative estimate of drug-likeness (QED) is 0.760. The van der Waals surface area contributed by atoms with Gasteiger partial charge in [-0.3, -0.25) is 14.6 Å². The molecule has 1 aromatic heterocycles. The van der Waals surface area contributed by atoms with Gasteiger partial charge in [0.2, 0.25) is 5.91 Å². The van der Waals surface area contributed by atoms with Crippen molar-refractivity contribution in [3.8, 4) is 11.8 Å². The molecule has 1 amide bonds. The van der Waals surface area contributed by atoms with Crippen molar-refractivity contribution in [2.24, 2.45) is 13.0 Å². The summed E-state index contributed by atoms with van der Waals surface area (Å²) in [6.45, 7) is 7.72. The van der Waals surface area contributed by atoms with Crippen molar-refractivity contribution >= 4 is 5.91 Å². The highest BCUT2D eigenvalue weighted by atomic mass is 16.2. The highest BCUT2D eigenvalue weighted by Gasteiger charge is 2.03. The molecule has 0 aliphatic carbocycles. The van der Waals surface area contributed by atoms with E-state index >= 15 is 0 Å². The lowest BCUT2D eigenvalue weighted by molar-refractivity contribution is -0.123. The number of carbonyl (C=O) groups is 1. The Morgan fingerprint density at radius 1 is 1.40 bits per heavy atom. The number of aromatic amines is 1. The standard InChI is InChI=1S/C12H15N3O3.C2H6/c1-8(2)10(16)13-6-4-5-9-7-15(3)12(18)14-11(9)17;1-2/h7-8H,6H2,1-3H3,(H,13,16)(H,14,17,18);1-2H3. The van der Waals surface area contributed by atoms with E-state index in [1.165, 1.54) is 17.8 Å². The number of nitrogens with zero attached hydrogens (tertiary/aromatic N) is 1. The van der Waals surface area contributed by atoms with Gasteiger partial charge in [-0.1, -0.05) is 39.5 Å². The number of nitrogens with one attached hydrogen (secondary N) is 2. The molecule has 0 bridgehead atoms. The Morgan fingerprint density at radius 3 is 2.55 bits per heavy atom. The van der Waals surface area contributed by atoms with Crippen LogP contribution in [-0.2, 0) is 11.8 Å². The van der Waals surface area contributed by atoms with Crippen LogP contribution in [-0.4, -0.2) is 22.0 Å². The maximum absolute atomic E-state index is 11.4. The molecule has 0 aliphatic heterocycles. The second-order valence-electron chi connectivity index (χ2n) is 4.09. The molecule has 1 rings (SSSR count). The van der Waals surface area contributed by atoms with E-state index in [-0.39, 0.29) is 23.9 Å². The van der Waals surface area contributed by atoms with Crippen LogP contribution in [0, 0.1) is 17.8 Å². The van der Waals surface area contributed by atoms with E-state index in [0.29, 0.717) is 0 Å². The summed E-state index contributed by atoms with van der Waals surface area (Å²) in [5.74, 6) is 5.06. The molecule has 0 atom stereocenters. The molecule has 2 N–H and O–H groups in total. The molecule has 110 valence electrons. The normalized spacial score (nSPS) is 9.10. The van der Waals surface area contributed by atoms with Crippen molar-refractivity contribution in [1.29, 1.82) is 0 Å². The summed E-state index contributed by atoms with van der Waals surface area (Å²) in [4.78, 5) is 35.8. The first-order valence-electron chi connectivity index (χ1n) is 6.48. The number of amides is 1. The van der Waals surface area contributed by atoms with Gasteiger partial charge in [-0.15, -0.1) is 0 Å². The van der Waals surface area contributed by atoms with Crippen molar-refractivity contribution in [3.05, 3.63) is 32.6 Å². The lowest BCUT2D eigenvalue weighted by atomic mass is 10.2. The number of aryl methyl sites for hydroxylation is 1. The summed E-state index contributed by atoms with van der Waals surface area (Å²) in [5, 5.41) is 2.60. The Labute approximate surface area is 118 Å². The summed E-state index contributed by atoms with van der Waals surface area (Å²) in [7, 11) is 1.52. The molecule has 0 radical (unpaired) electrons. The molecule has 1 aromatic rings. The molecule has 0 aliphatic rings. The summed E-state index contributed by atoms with van der Waals surface area (Å²) >= 11 is 0. The Bertz CT molecular complexity index is 615. The zero-order valence-corrected chi connectivity index (χ0v) is 12.5. The fourth-order valence-electron chi connectivity index (χ4n) is 1.13. The van der Waals surface area contributed by atoms with E-state index in [0.717, 1.165) is 0 Å². The highest BCUT2D eigenvalue weighted by molar-refractivity contribution is 5.78. The molecule has 0 aromatic carbocycles. The lowest BCUT2D eigenvalue weighted by Crippen LogP contribution is -2.29. The average molecular weight is 279 g/mol. The second kappa shape index (κ2) is 8.75. The van der Waals surface area contributed by atoms with Crippen LogP contribution in [0.3, 0.4) is 0 Å². The predicted molar refractivity (Wildman–Crippen MR) is 78.4 cm³/mol. The minimum absolute atomic E-state index is 0.0985. The Balaban J connectivity index is 0.00000172. The molecule has 20 heavy (non-hydrogen) atoms. The number of hydrogen-bond acceptors (Lipinski definition) is 3. The zero-order chi connectivity index (χ0) is 15.7. The zero-order valence-electron chi connectivity index (χ0n) is 12.5. The molecule has 0 fully saturated rings. The van der Waals surface area contributed by atoms with Gasteiger partial charge in [-0.2, -0.15) is 0 Å². The average Bonchev–Trinajstić information content (AvgIpc) is 2.42. The number of aromatic nitrogens is 2. The largest absolute Gasteiger partial charge is 0.345 e. The van der Waals surface area contributed by atoms with Crippen LogP contribution in [0.2, 0.25) is 0 Å². The van der Waals surface area contributed by atoms with Crippen LogP contribution in [0.25, 0.3) is 0 Å². The van der Waals surface area contributed by atoms with Gasteiger partial charge in [0.05, 0.1) is 6.54 Å². The van der Waals surface area contributed by atoms with E-state index in [2.05, 4.69) is 22.1 Å². The first-order valence-corrected chi connectivity index (χ1v) is 6.48. The SMILES string of the molecule is CC.CC(C)C(=O)NCC#Cc1cn(C)c(=O)[nH]c1=O. The van der Waals surface area contributed by atoms with Crippen LogP contribution in [0.4, 0.5) is 0 Å². The van der Waals surface area contributed by atoms with Crippen LogP contribution >= 0.6 is 0 Å². The minimum Gasteiger partial charge on any atom is -0.345 e. The molecule has 1 heterocycles. The van der Waals surface area contributed by atoms with E-state index in [1.54, 1.807) is 13.8 Å². The summed E-state index contributed by atoms with van der Waals surface area (Å²) in [5.41, 5.74) is -0.824. The topological polar surface area (TPSA) is 84.0 Å². The van der Waals surface area contributed by atoms with Crippen molar-refractivity contribution in [2.45, 2.75) is 27.7 Å². The molecule has 0 saturated heterocycles. The van der Waals surface area contributed by atoms with E-state index in [1.807, 2.05) is 13.8 Å². The van der Waals surface area contributed by atoms with Gasteiger partial charge >= 0.3 is 5.69 Å². The fraction of sp³-hybridized carbons (Fsp3) is 0.500. The van der Waals surface area contributed by atoms with Gasteiger partial charge in [0.15, 0.2) is 0 Å². The van der Waals surface area contributed by atoms with Crippen molar-refractivity contribution in [2.75, 3.05) is 6.54 Å². The predicted octanol–water partition coefficient (Wildman–Crippen LogP) is 0.224. The Morgan fingerprint density at radius 2 is 2.00 bits per heavy atom. The number of H-pyrrole nitrogens is 1. The van der Waals surface area contributed by atoms with Crippen LogP contribution < -0.4 is 16.6 Å². The van der Waals surface area contributed by atoms with Gasteiger partial charge in [0, 0.05) is 19.2 Å². The third kappa shape index (κ3) is 5.57. The number of carbonyl (C=O) groups excluding carboxylic acids is 1. The molecule has 6 nitrogen and oxygen atoms in total. The van der Waals surface area contributed by atoms with Gasteiger partial charge in [-0.25, -0.2) is 4.79 Å². The summed E-state index contributed by atoms with van der Waals surface area (Å²) < 4.78 is 1.23. The van der Waals surface area contributed by atoms with Crippen molar-refractivity contribution in [3.63, 3.8) is 0 Å². The Hall–Kier alpha value is -2.29. The maximum Gasteiger partial charge on any atom is 0.328 e. The van der Waals surface area contributed by atoms with Gasteiger partial charge in [0.1, 0.15) is 5.56 Å². The van der Waals surface area contributed by atoms with Crippen LogP contribution in [0.15, 0.2) is 15.8 Å².